The zero-order valence-corrected chi connectivity index (χ0v) is 23.7. The zero-order chi connectivity index (χ0) is 27.2. The average Bonchev–Trinajstić information content (AvgIpc) is 3.25. The van der Waals surface area contributed by atoms with Crippen molar-refractivity contribution in [2.45, 2.75) is 58.2 Å². The van der Waals surface area contributed by atoms with Crippen LogP contribution in [0.3, 0.4) is 0 Å². The highest BCUT2D eigenvalue weighted by atomic mass is 35.5. The molecule has 3 unspecified atom stereocenters. The highest BCUT2D eigenvalue weighted by Crippen LogP contribution is 2.34. The van der Waals surface area contributed by atoms with Crippen molar-refractivity contribution < 1.29 is 13.2 Å². The smallest absolute Gasteiger partial charge is 0.256 e. The lowest BCUT2D eigenvalue weighted by atomic mass is 9.98. The van der Waals surface area contributed by atoms with E-state index in [0.29, 0.717) is 23.7 Å². The van der Waals surface area contributed by atoms with Crippen molar-refractivity contribution in [3.8, 4) is 0 Å². The van der Waals surface area contributed by atoms with Crippen molar-refractivity contribution in [2.24, 2.45) is 0 Å². The molecule has 2 N–H and O–H groups in total. The minimum Gasteiger partial charge on any atom is -0.353 e. The van der Waals surface area contributed by atoms with E-state index in [1.54, 1.807) is 15.5 Å². The molecule has 0 spiro atoms. The molecule has 12 heteroatoms. The number of hydrogen-bond donors (Lipinski definition) is 2. The van der Waals surface area contributed by atoms with E-state index < -0.39 is 10.0 Å². The van der Waals surface area contributed by atoms with Gasteiger partial charge in [-0.15, -0.1) is 0 Å². The molecule has 1 amide bonds. The Morgan fingerprint density at radius 1 is 1.16 bits per heavy atom. The number of benzene rings is 1. The maximum atomic E-state index is 13.8. The van der Waals surface area contributed by atoms with Crippen molar-refractivity contribution in [3.63, 3.8) is 0 Å². The lowest BCUT2D eigenvalue weighted by molar-refractivity contribution is 0.0607. The van der Waals surface area contributed by atoms with Crippen LogP contribution in [0.1, 0.15) is 60.8 Å². The Labute approximate surface area is 228 Å². The molecule has 38 heavy (non-hydrogen) atoms. The normalized spacial score (nSPS) is 22.6. The fraction of sp³-hybridized carbons (Fsp3) is 0.500. The van der Waals surface area contributed by atoms with Gasteiger partial charge in [0.2, 0.25) is 10.0 Å². The molecule has 2 saturated heterocycles. The summed E-state index contributed by atoms with van der Waals surface area (Å²) >= 11 is 6.21. The van der Waals surface area contributed by atoms with Gasteiger partial charge in [-0.1, -0.05) is 11.6 Å². The van der Waals surface area contributed by atoms with Crippen molar-refractivity contribution in [2.75, 3.05) is 35.5 Å². The largest absolute Gasteiger partial charge is 0.353 e. The molecule has 0 radical (unpaired) electrons. The maximum absolute atomic E-state index is 13.8. The van der Waals surface area contributed by atoms with Gasteiger partial charge in [-0.25, -0.2) is 17.9 Å². The lowest BCUT2D eigenvalue weighted by Gasteiger charge is -2.37. The molecule has 4 heterocycles. The van der Waals surface area contributed by atoms with Gasteiger partial charge in [0.1, 0.15) is 5.82 Å². The van der Waals surface area contributed by atoms with Gasteiger partial charge in [-0.2, -0.15) is 5.10 Å². The third-order valence-corrected chi connectivity index (χ3v) is 7.92. The molecule has 1 aromatic carbocycles. The van der Waals surface area contributed by atoms with Crippen LogP contribution < -0.4 is 14.9 Å². The molecule has 2 aliphatic rings. The lowest BCUT2D eigenvalue weighted by Crippen LogP contribution is -2.54. The van der Waals surface area contributed by atoms with Gasteiger partial charge in [-0.3, -0.25) is 9.52 Å². The average molecular weight is 560 g/mol. The van der Waals surface area contributed by atoms with Gasteiger partial charge in [0.25, 0.3) is 5.91 Å². The molecule has 3 aromatic rings. The molecule has 10 nitrogen and oxygen atoms in total. The van der Waals surface area contributed by atoms with Crippen LogP contribution in [0.25, 0.3) is 5.65 Å². The Morgan fingerprint density at radius 3 is 2.61 bits per heavy atom. The second-order valence-electron chi connectivity index (χ2n) is 10.6. The number of aryl methyl sites for hydroxylation is 1. The summed E-state index contributed by atoms with van der Waals surface area (Å²) in [5.41, 5.74) is 2.98. The molecule has 2 fully saturated rings. The fourth-order valence-corrected chi connectivity index (χ4v) is 6.37. The Bertz CT molecular complexity index is 1460. The predicted molar refractivity (Wildman–Crippen MR) is 150 cm³/mol. The second kappa shape index (κ2) is 10.3. The van der Waals surface area contributed by atoms with Gasteiger partial charge in [0.05, 0.1) is 29.2 Å². The van der Waals surface area contributed by atoms with Crippen molar-refractivity contribution in [1.29, 1.82) is 0 Å². The van der Waals surface area contributed by atoms with Crippen molar-refractivity contribution >= 4 is 44.7 Å². The van der Waals surface area contributed by atoms with E-state index in [2.05, 4.69) is 28.8 Å². The van der Waals surface area contributed by atoms with Crippen LogP contribution in [0.2, 0.25) is 5.02 Å². The number of halogens is 1. The van der Waals surface area contributed by atoms with Crippen molar-refractivity contribution in [1.82, 2.24) is 24.8 Å². The van der Waals surface area contributed by atoms with Crippen LogP contribution in [-0.4, -0.2) is 71.8 Å². The van der Waals surface area contributed by atoms with Gasteiger partial charge in [0, 0.05) is 54.6 Å². The topological polar surface area (TPSA) is 112 Å². The van der Waals surface area contributed by atoms with E-state index in [-0.39, 0.29) is 23.2 Å². The molecule has 0 aliphatic carbocycles. The number of piperazine rings is 1. The summed E-state index contributed by atoms with van der Waals surface area (Å²) in [6.45, 7) is 8.70. The minimum absolute atomic E-state index is 0.211. The van der Waals surface area contributed by atoms with Crippen LogP contribution in [0, 0.1) is 6.92 Å². The number of nitrogens with one attached hydrogen (secondary N) is 2. The van der Waals surface area contributed by atoms with Gasteiger partial charge in [0.15, 0.2) is 5.65 Å². The number of fused-ring (bicyclic) bond motifs is 1. The number of aromatic nitrogens is 3. The highest BCUT2D eigenvalue weighted by Gasteiger charge is 2.32. The van der Waals surface area contributed by atoms with Gasteiger partial charge < -0.3 is 15.1 Å². The number of nitrogens with zero attached hydrogens (tertiary/aromatic N) is 5. The van der Waals surface area contributed by atoms with E-state index in [4.69, 9.17) is 21.7 Å². The maximum Gasteiger partial charge on any atom is 0.256 e. The molecular formula is C26H34ClN7O3S. The first kappa shape index (κ1) is 26.7. The number of sulfonamides is 1. The van der Waals surface area contributed by atoms with Gasteiger partial charge in [-0.05, 0) is 58.2 Å². The van der Waals surface area contributed by atoms with Gasteiger partial charge >= 0.3 is 0 Å². The molecule has 3 atom stereocenters. The molecule has 0 saturated carbocycles. The fourth-order valence-electron chi connectivity index (χ4n) is 5.62. The number of amides is 1. The summed E-state index contributed by atoms with van der Waals surface area (Å²) in [7, 11) is -3.58. The van der Waals surface area contributed by atoms with E-state index >= 15 is 0 Å². The van der Waals surface area contributed by atoms with E-state index in [1.807, 2.05) is 19.2 Å². The summed E-state index contributed by atoms with van der Waals surface area (Å²) in [5, 5.41) is 8.75. The van der Waals surface area contributed by atoms with Crippen LogP contribution in [-0.2, 0) is 10.0 Å². The summed E-state index contributed by atoms with van der Waals surface area (Å²) in [4.78, 5) is 22.9. The standard InChI is InChI=1S/C26H34ClN7O3S/c1-16-13-34-24(29-25(16)32-14-17(2)28-18(3)15-32)12-22(30-34)23-7-5-6-10-33(23)26(35)20-11-19(27)8-9-21(20)31-38(4,36)37/h8-9,11-13,17-18,23,28,31H,5-7,10,14-15H2,1-4H3. The number of anilines is 2. The minimum atomic E-state index is -3.58. The third-order valence-electron chi connectivity index (χ3n) is 7.09. The summed E-state index contributed by atoms with van der Waals surface area (Å²) in [6, 6.07) is 7.03. The quantitative estimate of drug-likeness (QED) is 0.491. The Morgan fingerprint density at radius 2 is 1.89 bits per heavy atom. The van der Waals surface area contributed by atoms with E-state index in [1.165, 1.54) is 12.1 Å². The molecular weight excluding hydrogens is 526 g/mol. The van der Waals surface area contributed by atoms with E-state index in [0.717, 1.165) is 61.3 Å². The first-order chi connectivity index (χ1) is 18.0. The molecule has 2 aliphatic heterocycles. The Hall–Kier alpha value is -2.89. The molecule has 0 bridgehead atoms. The number of rotatable bonds is 5. The highest BCUT2D eigenvalue weighted by molar-refractivity contribution is 7.92. The van der Waals surface area contributed by atoms with Crippen molar-refractivity contribution in [3.05, 3.63) is 52.3 Å². The number of piperidine rings is 1. The first-order valence-corrected chi connectivity index (χ1v) is 15.2. The molecule has 2 aromatic heterocycles. The Balaban J connectivity index is 1.48. The third kappa shape index (κ3) is 5.60. The summed E-state index contributed by atoms with van der Waals surface area (Å²) in [6.07, 6.45) is 5.62. The first-order valence-electron chi connectivity index (χ1n) is 12.9. The number of likely N-dealkylation sites (tertiary alicyclic amines) is 1. The zero-order valence-electron chi connectivity index (χ0n) is 22.1. The van der Waals surface area contributed by atoms with Crippen LogP contribution in [0.5, 0.6) is 0 Å². The van der Waals surface area contributed by atoms with Crippen LogP contribution in [0.15, 0.2) is 30.5 Å². The molecule has 204 valence electrons. The summed E-state index contributed by atoms with van der Waals surface area (Å²) in [5.74, 6) is 0.671. The monoisotopic (exact) mass is 559 g/mol. The SMILES string of the molecule is Cc1cn2nc(C3CCCCN3C(=O)c3cc(Cl)ccc3NS(C)(=O)=O)cc2nc1N1CC(C)NC(C)C1. The second-order valence-corrected chi connectivity index (χ2v) is 12.8. The Kier molecular flexibility index (Phi) is 7.27. The number of carbonyl (C=O) groups excluding carboxylic acids is 1. The van der Waals surface area contributed by atoms with E-state index in [9.17, 15) is 13.2 Å². The van der Waals surface area contributed by atoms with Crippen LogP contribution >= 0.6 is 11.6 Å². The van der Waals surface area contributed by atoms with Crippen LogP contribution in [0.4, 0.5) is 11.5 Å². The predicted octanol–water partition coefficient (Wildman–Crippen LogP) is 3.62. The number of hydrogen-bond acceptors (Lipinski definition) is 7. The summed E-state index contributed by atoms with van der Waals surface area (Å²) < 4.78 is 28.1. The number of carbonyl (C=O) groups is 1. The molecule has 5 rings (SSSR count).